The second kappa shape index (κ2) is 58.0. The molecule has 0 heterocycles. The Kier molecular flexibility index (Phi) is 102. The highest BCUT2D eigenvalue weighted by Gasteiger charge is 2.17. The van der Waals surface area contributed by atoms with Gasteiger partial charge in [-0.3, -0.25) is 0 Å². The quantitative estimate of drug-likeness (QED) is 0.260. The number of halogens is 27. The molecule has 0 saturated carbocycles. The minimum Gasteiger partial charge on any atom is -0.396 e. The van der Waals surface area contributed by atoms with Gasteiger partial charge in [-0.15, -0.1) is 0 Å². The van der Waals surface area contributed by atoms with E-state index in [9.17, 15) is 0 Å². The van der Waals surface area contributed by atoms with Crippen LogP contribution >= 0.6 is 313 Å². The summed E-state index contributed by atoms with van der Waals surface area (Å²) in [7, 11) is 0. The summed E-state index contributed by atoms with van der Waals surface area (Å²) in [6.45, 7) is -0.0868. The van der Waals surface area contributed by atoms with Gasteiger partial charge in [0.1, 0.15) is 0 Å². The molecule has 0 saturated heterocycles. The molecule has 0 fully saturated rings. The lowest BCUT2D eigenvalue weighted by atomic mass is 10.5. The van der Waals surface area contributed by atoms with E-state index in [1.165, 1.54) is 0 Å². The highest BCUT2D eigenvalue weighted by Crippen LogP contribution is 2.29. The molecule has 0 aliphatic carbocycles. The molecule has 0 amide bonds. The lowest BCUT2D eigenvalue weighted by Crippen LogP contribution is -2.03. The molecule has 252 valence electrons. The van der Waals surface area contributed by atoms with Gasteiger partial charge < -0.3 is 5.11 Å². The van der Waals surface area contributed by atoms with Crippen molar-refractivity contribution in [2.45, 2.75) is 44.6 Å². The van der Waals surface area contributed by atoms with Crippen molar-refractivity contribution in [3.63, 3.8) is 0 Å². The largest absolute Gasteiger partial charge is 0.396 e. The number of hydrogen-bond acceptors (Lipinski definition) is 1. The number of aliphatic hydroxyl groups excluding tert-OH is 1. The molecule has 0 aromatic carbocycles. The van der Waals surface area contributed by atoms with Crippen LogP contribution in [0.5, 0.6) is 0 Å². The number of aliphatic hydroxyl groups is 1. The third-order valence-electron chi connectivity index (χ3n) is 0.395. The number of alkyl halides is 27. The van der Waals surface area contributed by atoms with E-state index in [2.05, 4.69) is 0 Å². The molecule has 0 unspecified atom stereocenters. The number of rotatable bonds is 1. The Morgan fingerprint density at radius 1 is 0.308 bits per heavy atom. The van der Waals surface area contributed by atoms with Crippen LogP contribution in [0.25, 0.3) is 0 Å². The summed E-state index contributed by atoms with van der Waals surface area (Å²) in [6.07, 6.45) is 0.192. The molecule has 0 aliphatic heterocycles. The van der Waals surface area contributed by atoms with Crippen LogP contribution < -0.4 is 0 Å². The summed E-state index contributed by atoms with van der Waals surface area (Å²) in [5.74, 6) is 0. The van der Waals surface area contributed by atoms with Crippen molar-refractivity contribution < 1.29 is 5.11 Å². The monoisotopic (exact) mass is 1110 g/mol. The van der Waals surface area contributed by atoms with Crippen LogP contribution in [0.2, 0.25) is 0 Å². The summed E-state index contributed by atoms with van der Waals surface area (Å²) >= 11 is 131. The maximum Gasteiger partial charge on any atom is 0.192 e. The van der Waals surface area contributed by atoms with Gasteiger partial charge in [0.15, 0.2) is 38.2 Å². The van der Waals surface area contributed by atoms with Crippen LogP contribution in [0, 0.1) is 0 Å². The van der Waals surface area contributed by atoms with E-state index in [0.717, 1.165) is 0 Å². The lowest BCUT2D eigenvalue weighted by Gasteiger charge is -2.05. The second-order valence-electron chi connectivity index (χ2n) is 3.07. The molecular formula is C11H13Cl27O. The summed E-state index contributed by atoms with van der Waals surface area (Å²) in [4.78, 5) is 0. The summed E-state index contributed by atoms with van der Waals surface area (Å²) < 4.78 is -7.28. The number of hydrogen-bond donors (Lipinski definition) is 1. The molecule has 0 rings (SSSR count). The maximum absolute atomic E-state index is 8.15. The van der Waals surface area contributed by atoms with Gasteiger partial charge in [-0.05, 0) is 0 Å². The van der Waals surface area contributed by atoms with Crippen molar-refractivity contribution >= 4 is 313 Å². The molecule has 0 spiro atoms. The zero-order valence-electron chi connectivity index (χ0n) is 17.2. The third-order valence-corrected chi connectivity index (χ3v) is 0.962. The molecule has 0 aromatic heterocycles. The van der Waals surface area contributed by atoms with Gasteiger partial charge in [-0.25, -0.2) is 0 Å². The normalized spacial score (nSPS) is 9.54. The van der Waals surface area contributed by atoms with E-state index >= 15 is 0 Å². The highest BCUT2D eigenvalue weighted by atomic mass is 35.6. The van der Waals surface area contributed by atoms with E-state index < -0.39 is 38.2 Å². The summed E-state index contributed by atoms with van der Waals surface area (Å²) in [6, 6.07) is 0. The van der Waals surface area contributed by atoms with Crippen molar-refractivity contribution in [2.75, 3.05) is 6.61 Å². The molecule has 39 heavy (non-hydrogen) atoms. The first kappa shape index (κ1) is 68.7. The van der Waals surface area contributed by atoms with Crippen molar-refractivity contribution in [1.82, 2.24) is 0 Å². The van der Waals surface area contributed by atoms with Gasteiger partial charge in [0.2, 0.25) is 0 Å². The SMILES string of the molecule is ClC(Cl)Cl.ClC(Cl)Cl.ClC(Cl)Cl.ClC(Cl)Cl.ClC(Cl)Cl.ClC(Cl)Cl.ClC(Cl)Cl.ClC(Cl)Cl.OCCC(Cl)(Cl)Cl. The average Bonchev–Trinajstić information content (AvgIpc) is 2.48. The Balaban J connectivity index is -0.0000000374. The van der Waals surface area contributed by atoms with Gasteiger partial charge in [0.05, 0.1) is 0 Å². The van der Waals surface area contributed by atoms with E-state index in [0.29, 0.717) is 0 Å². The molecule has 0 aliphatic rings. The van der Waals surface area contributed by atoms with Crippen LogP contribution in [0.15, 0.2) is 0 Å². The predicted molar refractivity (Wildman–Crippen MR) is 203 cm³/mol. The van der Waals surface area contributed by atoms with Crippen LogP contribution in [0.1, 0.15) is 6.42 Å². The molecular weight excluding hydrogens is 1110 g/mol. The fourth-order valence-corrected chi connectivity index (χ4v) is 0.380. The summed E-state index contributed by atoms with van der Waals surface area (Å²) in [5, 5.41) is 8.15. The second-order valence-corrected chi connectivity index (χ2v) is 21.4. The van der Waals surface area contributed by atoms with E-state index in [-0.39, 0.29) is 13.0 Å². The van der Waals surface area contributed by atoms with Gasteiger partial charge >= 0.3 is 0 Å². The van der Waals surface area contributed by atoms with Gasteiger partial charge in [0, 0.05) is 13.0 Å². The summed E-state index contributed by atoms with van der Waals surface area (Å²) in [5.41, 5.74) is 0. The molecule has 28 heteroatoms. The Hall–Kier alpha value is 7.79. The van der Waals surface area contributed by atoms with Crippen LogP contribution in [0.3, 0.4) is 0 Å². The smallest absolute Gasteiger partial charge is 0.192 e. The lowest BCUT2D eigenvalue weighted by molar-refractivity contribution is 0.290. The van der Waals surface area contributed by atoms with Crippen LogP contribution in [0.4, 0.5) is 0 Å². The Labute approximate surface area is 363 Å². The Morgan fingerprint density at radius 3 is 0.385 bits per heavy atom. The molecule has 0 aromatic rings. The molecule has 0 bridgehead atoms. The van der Waals surface area contributed by atoms with Crippen molar-refractivity contribution in [3.05, 3.63) is 0 Å². The standard InChI is InChI=1S/C3H5Cl3O.8CHCl3/c4-3(5,6)1-2-7;8*2-1(3)4/h7H,1-2H2;8*1H. The third kappa shape index (κ3) is 632. The first-order valence-electron chi connectivity index (χ1n) is 6.97. The first-order chi connectivity index (χ1) is 16.9. The molecule has 0 radical (unpaired) electrons. The van der Waals surface area contributed by atoms with Crippen molar-refractivity contribution in [3.8, 4) is 0 Å². The minimum atomic E-state index is -1.28. The Morgan fingerprint density at radius 2 is 0.385 bits per heavy atom. The zero-order chi connectivity index (χ0) is 34.5. The average molecular weight is 1120 g/mol. The van der Waals surface area contributed by atoms with Gasteiger partial charge in [-0.1, -0.05) is 313 Å². The van der Waals surface area contributed by atoms with Crippen molar-refractivity contribution in [2.24, 2.45) is 0 Å². The zero-order valence-corrected chi connectivity index (χ0v) is 37.6. The van der Waals surface area contributed by atoms with Gasteiger partial charge in [0.25, 0.3) is 0 Å². The topological polar surface area (TPSA) is 20.2 Å². The Bertz CT molecular complexity index is 240. The molecule has 1 nitrogen and oxygen atoms in total. The van der Waals surface area contributed by atoms with Crippen molar-refractivity contribution in [1.29, 1.82) is 0 Å². The molecule has 1 N–H and O–H groups in total. The van der Waals surface area contributed by atoms with Crippen LogP contribution in [-0.2, 0) is 0 Å². The van der Waals surface area contributed by atoms with E-state index in [4.69, 9.17) is 318 Å². The first-order valence-corrected chi connectivity index (χ1v) is 18.6. The van der Waals surface area contributed by atoms with Gasteiger partial charge in [-0.2, -0.15) is 0 Å². The fourth-order valence-electron chi connectivity index (χ4n) is 0.127. The highest BCUT2D eigenvalue weighted by molar-refractivity contribution is 6.68. The molecule has 0 atom stereocenters. The minimum absolute atomic E-state index is 0.0868. The van der Waals surface area contributed by atoms with Crippen LogP contribution in [-0.4, -0.2) is 49.9 Å². The van der Waals surface area contributed by atoms with E-state index in [1.807, 2.05) is 0 Å². The fraction of sp³-hybridized carbons (Fsp3) is 1.00. The van der Waals surface area contributed by atoms with E-state index in [1.54, 1.807) is 0 Å². The predicted octanol–water partition coefficient (Wildman–Crippen LogP) is 17.6. The maximum atomic E-state index is 8.15.